The van der Waals surface area contributed by atoms with Crippen LogP contribution in [0.5, 0.6) is 0 Å². The first-order valence-electron chi connectivity index (χ1n) is 7.26. The zero-order valence-corrected chi connectivity index (χ0v) is 13.6. The Bertz CT molecular complexity index is 690. The number of hydrogen-bond donors (Lipinski definition) is 1. The fraction of sp³-hybridized carbons (Fsp3) is 0.294. The summed E-state index contributed by atoms with van der Waals surface area (Å²) in [7, 11) is 2.05. The molecule has 0 fully saturated rings. The molecule has 0 saturated heterocycles. The van der Waals surface area contributed by atoms with Gasteiger partial charge in [-0.2, -0.15) is 0 Å². The van der Waals surface area contributed by atoms with E-state index in [9.17, 15) is 15.2 Å². The smallest absolute Gasteiger partial charge is 0.269 e. The molecule has 0 bridgehead atoms. The highest BCUT2D eigenvalue weighted by molar-refractivity contribution is 5.85. The quantitative estimate of drug-likeness (QED) is 0.685. The summed E-state index contributed by atoms with van der Waals surface area (Å²) in [6, 6.07) is 14.6. The van der Waals surface area contributed by atoms with Crippen LogP contribution < -0.4 is 0 Å². The van der Waals surface area contributed by atoms with Crippen molar-refractivity contribution in [1.82, 2.24) is 4.90 Å². The molecule has 0 radical (unpaired) electrons. The van der Waals surface area contributed by atoms with Crippen LogP contribution in [0.3, 0.4) is 0 Å². The number of non-ortho nitro benzene ring substituents is 1. The Balaban J connectivity index is 0.00000192. The van der Waals surface area contributed by atoms with Crippen LogP contribution in [-0.2, 0) is 6.54 Å². The number of benzene rings is 2. The van der Waals surface area contributed by atoms with Crippen LogP contribution >= 0.6 is 12.4 Å². The van der Waals surface area contributed by atoms with Gasteiger partial charge in [-0.3, -0.25) is 15.0 Å². The van der Waals surface area contributed by atoms with E-state index >= 15 is 0 Å². The van der Waals surface area contributed by atoms with Crippen LogP contribution in [0.4, 0.5) is 5.69 Å². The molecule has 2 atom stereocenters. The lowest BCUT2D eigenvalue weighted by Gasteiger charge is -2.23. The lowest BCUT2D eigenvalue weighted by molar-refractivity contribution is -0.384. The van der Waals surface area contributed by atoms with Crippen molar-refractivity contribution in [2.24, 2.45) is 0 Å². The minimum atomic E-state index is -0.639. The number of nitro groups is 1. The molecule has 1 heterocycles. The van der Waals surface area contributed by atoms with Crippen LogP contribution in [0.2, 0.25) is 0 Å². The summed E-state index contributed by atoms with van der Waals surface area (Å²) in [6.45, 7) is 0.883. The van der Waals surface area contributed by atoms with E-state index in [2.05, 4.69) is 17.0 Å². The fourth-order valence-corrected chi connectivity index (χ4v) is 3.09. The predicted molar refractivity (Wildman–Crippen MR) is 90.6 cm³/mol. The van der Waals surface area contributed by atoms with Crippen molar-refractivity contribution in [3.8, 4) is 0 Å². The highest BCUT2D eigenvalue weighted by Crippen LogP contribution is 2.38. The number of aliphatic hydroxyl groups is 1. The van der Waals surface area contributed by atoms with Gasteiger partial charge in [0.2, 0.25) is 0 Å². The molecule has 5 nitrogen and oxygen atoms in total. The van der Waals surface area contributed by atoms with Gasteiger partial charge in [0.1, 0.15) is 0 Å². The highest BCUT2D eigenvalue weighted by Gasteiger charge is 2.29. The number of fused-ring (bicyclic) bond motifs is 1. The van der Waals surface area contributed by atoms with Crippen molar-refractivity contribution in [3.05, 3.63) is 75.3 Å². The summed E-state index contributed by atoms with van der Waals surface area (Å²) in [6.07, 6.45) is -0.0647. The van der Waals surface area contributed by atoms with Gasteiger partial charge in [0.15, 0.2) is 0 Å². The Morgan fingerprint density at radius 1 is 1.26 bits per heavy atom. The number of rotatable bonds is 4. The van der Waals surface area contributed by atoms with Crippen LogP contribution in [0.25, 0.3) is 0 Å². The first-order chi connectivity index (χ1) is 10.6. The molecule has 0 spiro atoms. The first kappa shape index (κ1) is 17.4. The average molecular weight is 335 g/mol. The molecule has 122 valence electrons. The predicted octanol–water partition coefficient (Wildman–Crippen LogP) is 3.63. The van der Waals surface area contributed by atoms with E-state index in [1.807, 2.05) is 19.2 Å². The van der Waals surface area contributed by atoms with E-state index in [0.29, 0.717) is 12.0 Å². The molecule has 1 aliphatic rings. The van der Waals surface area contributed by atoms with Crippen molar-refractivity contribution in [3.63, 3.8) is 0 Å². The Hall–Kier alpha value is -1.95. The molecule has 0 aromatic heterocycles. The van der Waals surface area contributed by atoms with Crippen molar-refractivity contribution in [1.29, 1.82) is 0 Å². The van der Waals surface area contributed by atoms with Crippen molar-refractivity contribution in [2.45, 2.75) is 25.1 Å². The third-order valence-electron chi connectivity index (χ3n) is 4.30. The summed E-state index contributed by atoms with van der Waals surface area (Å²) in [5.74, 6) is 0. The van der Waals surface area contributed by atoms with Gasteiger partial charge in [-0.25, -0.2) is 0 Å². The van der Waals surface area contributed by atoms with Gasteiger partial charge in [-0.15, -0.1) is 12.4 Å². The molecule has 0 saturated carbocycles. The van der Waals surface area contributed by atoms with Gasteiger partial charge in [0.25, 0.3) is 5.69 Å². The average Bonchev–Trinajstić information content (AvgIpc) is 2.83. The van der Waals surface area contributed by atoms with Crippen LogP contribution in [0.15, 0.2) is 48.5 Å². The lowest BCUT2D eigenvalue weighted by atomic mass is 9.96. The largest absolute Gasteiger partial charge is 0.388 e. The van der Waals surface area contributed by atoms with E-state index in [-0.39, 0.29) is 24.1 Å². The molecule has 0 unspecified atom stereocenters. The monoisotopic (exact) mass is 334 g/mol. The normalized spacial score (nSPS) is 18.1. The fourth-order valence-electron chi connectivity index (χ4n) is 3.09. The summed E-state index contributed by atoms with van der Waals surface area (Å²) in [4.78, 5) is 12.5. The number of nitro benzene ring substituents is 1. The van der Waals surface area contributed by atoms with Gasteiger partial charge < -0.3 is 5.11 Å². The van der Waals surface area contributed by atoms with Crippen molar-refractivity contribution in [2.75, 3.05) is 7.05 Å². The second-order valence-corrected chi connectivity index (χ2v) is 5.73. The summed E-state index contributed by atoms with van der Waals surface area (Å²) >= 11 is 0. The molecule has 23 heavy (non-hydrogen) atoms. The third kappa shape index (κ3) is 3.52. The maximum absolute atomic E-state index is 10.7. The van der Waals surface area contributed by atoms with Crippen molar-refractivity contribution < 1.29 is 10.0 Å². The third-order valence-corrected chi connectivity index (χ3v) is 4.30. The van der Waals surface area contributed by atoms with Crippen LogP contribution in [0.1, 0.15) is 35.3 Å². The van der Waals surface area contributed by atoms with Crippen molar-refractivity contribution >= 4 is 18.1 Å². The van der Waals surface area contributed by atoms with E-state index in [0.717, 1.165) is 6.54 Å². The lowest BCUT2D eigenvalue weighted by Crippen LogP contribution is -2.19. The second-order valence-electron chi connectivity index (χ2n) is 5.73. The molecule has 1 aliphatic heterocycles. The molecule has 0 amide bonds. The van der Waals surface area contributed by atoms with E-state index in [1.54, 1.807) is 12.1 Å². The van der Waals surface area contributed by atoms with Gasteiger partial charge in [-0.05, 0) is 42.3 Å². The first-order valence-corrected chi connectivity index (χ1v) is 7.26. The number of nitrogens with zero attached hydrogens (tertiary/aromatic N) is 2. The molecule has 1 N–H and O–H groups in total. The minimum Gasteiger partial charge on any atom is -0.388 e. The zero-order valence-electron chi connectivity index (χ0n) is 12.8. The molecule has 2 aromatic rings. The molecule has 6 heteroatoms. The molecule has 2 aromatic carbocycles. The standard InChI is InChI=1S/C17H18N2O3.ClH/c1-18-11-13-4-2-3-5-15(13)16(18)10-17(20)12-6-8-14(9-7-12)19(21)22;/h2-9,16-17,20H,10-11H2,1H3;1H/t16-,17-;/m1./s1. The Labute approximate surface area is 141 Å². The molecule has 3 rings (SSSR count). The highest BCUT2D eigenvalue weighted by atomic mass is 35.5. The summed E-state index contributed by atoms with van der Waals surface area (Å²) < 4.78 is 0. The molecular formula is C17H19ClN2O3. The second kappa shape index (κ2) is 7.08. The van der Waals surface area contributed by atoms with Crippen LogP contribution in [-0.4, -0.2) is 22.0 Å². The maximum atomic E-state index is 10.7. The Kier molecular flexibility index (Phi) is 5.36. The van der Waals surface area contributed by atoms with Gasteiger partial charge >= 0.3 is 0 Å². The Morgan fingerprint density at radius 3 is 2.57 bits per heavy atom. The van der Waals surface area contributed by atoms with E-state index in [1.165, 1.54) is 23.3 Å². The van der Waals surface area contributed by atoms with Gasteiger partial charge in [0, 0.05) is 24.7 Å². The summed E-state index contributed by atoms with van der Waals surface area (Å²) in [5.41, 5.74) is 3.31. The maximum Gasteiger partial charge on any atom is 0.269 e. The number of hydrogen-bond acceptors (Lipinski definition) is 4. The molecular weight excluding hydrogens is 316 g/mol. The minimum absolute atomic E-state index is 0. The topological polar surface area (TPSA) is 66.6 Å². The van der Waals surface area contributed by atoms with E-state index < -0.39 is 11.0 Å². The molecule has 0 aliphatic carbocycles. The van der Waals surface area contributed by atoms with Gasteiger partial charge in [-0.1, -0.05) is 24.3 Å². The summed E-state index contributed by atoms with van der Waals surface area (Å²) in [5, 5.41) is 21.1. The number of aliphatic hydroxyl groups excluding tert-OH is 1. The SMILES string of the molecule is CN1Cc2ccccc2[C@H]1C[C@@H](O)c1ccc([N+](=O)[O-])cc1.Cl. The van der Waals surface area contributed by atoms with Gasteiger partial charge in [0.05, 0.1) is 11.0 Å². The van der Waals surface area contributed by atoms with E-state index in [4.69, 9.17) is 0 Å². The number of halogens is 1. The Morgan fingerprint density at radius 2 is 1.91 bits per heavy atom. The zero-order chi connectivity index (χ0) is 15.7. The van der Waals surface area contributed by atoms with Crippen LogP contribution in [0, 0.1) is 10.1 Å².